The highest BCUT2D eigenvalue weighted by Crippen LogP contribution is 2.31. The molecule has 0 radical (unpaired) electrons. The summed E-state index contributed by atoms with van der Waals surface area (Å²) in [7, 11) is 0. The van der Waals surface area contributed by atoms with Crippen LogP contribution in [0.5, 0.6) is 0 Å². The van der Waals surface area contributed by atoms with Gasteiger partial charge in [-0.25, -0.2) is 4.79 Å². The Balaban J connectivity index is 3.29. The van der Waals surface area contributed by atoms with Gasteiger partial charge < -0.3 is 14.9 Å². The van der Waals surface area contributed by atoms with Crippen LogP contribution in [0.15, 0.2) is 4.42 Å². The lowest BCUT2D eigenvalue weighted by Crippen LogP contribution is -2.28. The fraction of sp³-hybridized carbons (Fsp3) is 0.364. The van der Waals surface area contributed by atoms with E-state index in [1.807, 2.05) is 0 Å². The number of ether oxygens (including phenoxy) is 1. The van der Waals surface area contributed by atoms with Crippen molar-refractivity contribution in [1.82, 2.24) is 0 Å². The Morgan fingerprint density at radius 3 is 2.29 bits per heavy atom. The second-order valence-corrected chi connectivity index (χ2v) is 6.06. The number of esters is 1. The maximum atomic E-state index is 11.8. The summed E-state index contributed by atoms with van der Waals surface area (Å²) in [5.74, 6) is -3.25. The van der Waals surface area contributed by atoms with E-state index in [0.717, 1.165) is 0 Å². The van der Waals surface area contributed by atoms with Gasteiger partial charge in [0.15, 0.2) is 0 Å². The first-order chi connectivity index (χ1) is 9.59. The highest BCUT2D eigenvalue weighted by molar-refractivity contribution is 6.76. The average Bonchev–Trinajstić information content (AvgIpc) is 2.64. The normalized spacial score (nSPS) is 11.1. The van der Waals surface area contributed by atoms with E-state index >= 15 is 0 Å². The zero-order valence-electron chi connectivity index (χ0n) is 11.0. The van der Waals surface area contributed by atoms with Crippen LogP contribution in [0.1, 0.15) is 33.4 Å². The van der Waals surface area contributed by atoms with E-state index in [1.54, 1.807) is 6.92 Å². The van der Waals surface area contributed by atoms with Crippen LogP contribution >= 0.6 is 34.8 Å². The maximum absolute atomic E-state index is 11.8. The molecule has 0 aliphatic carbocycles. The first-order valence-corrected chi connectivity index (χ1v) is 6.71. The van der Waals surface area contributed by atoms with Crippen molar-refractivity contribution in [1.29, 1.82) is 0 Å². The molecule has 1 aromatic heterocycles. The minimum Gasteiger partial charge on any atom is -0.462 e. The number of aryl methyl sites for hydroxylation is 1. The second kappa shape index (κ2) is 6.55. The Hall–Kier alpha value is -1.44. The zero-order chi connectivity index (χ0) is 16.4. The van der Waals surface area contributed by atoms with Crippen LogP contribution in [0.4, 0.5) is 5.88 Å². The molecule has 0 unspecified atom stereocenters. The monoisotopic (exact) mass is 356 g/mol. The van der Waals surface area contributed by atoms with Gasteiger partial charge in [-0.1, -0.05) is 34.8 Å². The molecular weight excluding hydrogens is 346 g/mol. The fourth-order valence-electron chi connectivity index (χ4n) is 1.49. The number of halogens is 3. The SMILES string of the molecule is CCOC(=O)c1c(C)oc(NC(=O)C(Cl)(Cl)Cl)c1C(N)=O. The number of primary amides is 1. The van der Waals surface area contributed by atoms with E-state index in [-0.39, 0.29) is 29.4 Å². The molecule has 1 aromatic rings. The molecule has 0 bridgehead atoms. The number of furan rings is 1. The van der Waals surface area contributed by atoms with Crippen LogP contribution < -0.4 is 11.1 Å². The summed E-state index contributed by atoms with van der Waals surface area (Å²) in [6.07, 6.45) is 0. The van der Waals surface area contributed by atoms with Crippen molar-refractivity contribution < 1.29 is 23.5 Å². The van der Waals surface area contributed by atoms with Crippen molar-refractivity contribution in [2.75, 3.05) is 11.9 Å². The summed E-state index contributed by atoms with van der Waals surface area (Å²) in [5.41, 5.74) is 4.65. The summed E-state index contributed by atoms with van der Waals surface area (Å²) in [4.78, 5) is 34.9. The molecule has 2 amide bonds. The van der Waals surface area contributed by atoms with E-state index in [1.165, 1.54) is 6.92 Å². The number of carbonyl (C=O) groups excluding carboxylic acids is 3. The van der Waals surface area contributed by atoms with Crippen molar-refractivity contribution >= 4 is 58.5 Å². The van der Waals surface area contributed by atoms with E-state index in [4.69, 9.17) is 49.7 Å². The summed E-state index contributed by atoms with van der Waals surface area (Å²) < 4.78 is 7.64. The van der Waals surface area contributed by atoms with Gasteiger partial charge in [-0.05, 0) is 13.8 Å². The predicted molar refractivity (Wildman–Crippen MR) is 76.8 cm³/mol. The fourth-order valence-corrected chi connectivity index (χ4v) is 1.63. The molecule has 0 aliphatic rings. The zero-order valence-corrected chi connectivity index (χ0v) is 13.2. The average molecular weight is 358 g/mol. The molecule has 0 aromatic carbocycles. The summed E-state index contributed by atoms with van der Waals surface area (Å²) in [6.45, 7) is 3.06. The number of rotatable bonds is 4. The third kappa shape index (κ3) is 4.03. The van der Waals surface area contributed by atoms with Gasteiger partial charge in [0.25, 0.3) is 15.6 Å². The molecule has 0 atom stereocenters. The van der Waals surface area contributed by atoms with Gasteiger partial charge in [-0.3, -0.25) is 14.9 Å². The Labute approximate surface area is 134 Å². The molecule has 1 heterocycles. The van der Waals surface area contributed by atoms with Gasteiger partial charge in [0.05, 0.1) is 6.61 Å². The molecule has 0 spiro atoms. The first kappa shape index (κ1) is 17.6. The molecule has 21 heavy (non-hydrogen) atoms. The number of hydrogen-bond acceptors (Lipinski definition) is 5. The number of carbonyl (C=O) groups is 3. The Bertz CT molecular complexity index is 591. The largest absolute Gasteiger partial charge is 0.462 e. The van der Waals surface area contributed by atoms with Gasteiger partial charge in [-0.15, -0.1) is 0 Å². The number of anilines is 1. The van der Waals surface area contributed by atoms with E-state index in [0.29, 0.717) is 0 Å². The van der Waals surface area contributed by atoms with E-state index in [2.05, 4.69) is 5.32 Å². The van der Waals surface area contributed by atoms with Crippen molar-refractivity contribution in [2.24, 2.45) is 5.73 Å². The standard InChI is InChI=1S/C11H11Cl3N2O5/c1-3-20-9(18)5-4(2)21-8(6(5)7(15)17)16-10(19)11(12,13)14/h3H2,1-2H3,(H2,15,17)(H,16,19). The number of hydrogen-bond donors (Lipinski definition) is 2. The number of nitrogens with one attached hydrogen (secondary N) is 1. The van der Waals surface area contributed by atoms with Crippen molar-refractivity contribution in [2.45, 2.75) is 17.6 Å². The van der Waals surface area contributed by atoms with E-state index in [9.17, 15) is 14.4 Å². The number of amides is 2. The van der Waals surface area contributed by atoms with Gasteiger partial charge in [0, 0.05) is 0 Å². The summed E-state index contributed by atoms with van der Waals surface area (Å²) in [5, 5.41) is 2.08. The Kier molecular flexibility index (Phi) is 5.49. The first-order valence-electron chi connectivity index (χ1n) is 5.58. The second-order valence-electron chi connectivity index (χ2n) is 3.77. The quantitative estimate of drug-likeness (QED) is 0.633. The molecule has 1 rings (SSSR count). The van der Waals surface area contributed by atoms with Crippen LogP contribution in [0, 0.1) is 6.92 Å². The molecular formula is C11H11Cl3N2O5. The summed E-state index contributed by atoms with van der Waals surface area (Å²) in [6, 6.07) is 0. The molecule has 3 N–H and O–H groups in total. The van der Waals surface area contributed by atoms with Crippen LogP contribution in [-0.4, -0.2) is 28.2 Å². The summed E-state index contributed by atoms with van der Waals surface area (Å²) >= 11 is 16.2. The minimum absolute atomic E-state index is 0.0295. The van der Waals surface area contributed by atoms with Gasteiger partial charge in [0.2, 0.25) is 5.88 Å². The van der Waals surface area contributed by atoms with Crippen LogP contribution in [0.25, 0.3) is 0 Å². The molecule has 0 saturated carbocycles. The molecule has 0 fully saturated rings. The van der Waals surface area contributed by atoms with Crippen LogP contribution in [-0.2, 0) is 9.53 Å². The van der Waals surface area contributed by atoms with E-state index < -0.39 is 21.6 Å². The molecule has 10 heteroatoms. The third-order valence-corrected chi connectivity index (χ3v) is 2.81. The molecule has 0 saturated heterocycles. The Morgan fingerprint density at radius 2 is 1.86 bits per heavy atom. The smallest absolute Gasteiger partial charge is 0.342 e. The number of nitrogens with two attached hydrogens (primary N) is 1. The van der Waals surface area contributed by atoms with Gasteiger partial charge in [-0.2, -0.15) is 0 Å². The lowest BCUT2D eigenvalue weighted by atomic mass is 10.1. The van der Waals surface area contributed by atoms with Crippen LogP contribution in [0.3, 0.4) is 0 Å². The maximum Gasteiger partial charge on any atom is 0.342 e. The highest BCUT2D eigenvalue weighted by atomic mass is 35.6. The molecule has 0 aliphatic heterocycles. The predicted octanol–water partition coefficient (Wildman–Crippen LogP) is 2.17. The minimum atomic E-state index is -2.28. The molecule has 116 valence electrons. The molecule has 7 nitrogen and oxygen atoms in total. The van der Waals surface area contributed by atoms with Crippen molar-refractivity contribution in [3.63, 3.8) is 0 Å². The van der Waals surface area contributed by atoms with Gasteiger partial charge >= 0.3 is 5.97 Å². The lowest BCUT2D eigenvalue weighted by molar-refractivity contribution is -0.115. The third-order valence-electron chi connectivity index (χ3n) is 2.29. The van der Waals surface area contributed by atoms with Crippen molar-refractivity contribution in [3.05, 3.63) is 16.9 Å². The van der Waals surface area contributed by atoms with Crippen LogP contribution in [0.2, 0.25) is 0 Å². The van der Waals surface area contributed by atoms with Gasteiger partial charge in [0.1, 0.15) is 16.9 Å². The Morgan fingerprint density at radius 1 is 1.29 bits per heavy atom. The topological polar surface area (TPSA) is 112 Å². The number of alkyl halides is 3. The lowest BCUT2D eigenvalue weighted by Gasteiger charge is -2.10. The highest BCUT2D eigenvalue weighted by Gasteiger charge is 2.35. The van der Waals surface area contributed by atoms with Crippen molar-refractivity contribution in [3.8, 4) is 0 Å².